The summed E-state index contributed by atoms with van der Waals surface area (Å²) >= 11 is 3.28. The Morgan fingerprint density at radius 2 is 2.14 bits per heavy atom. The van der Waals surface area contributed by atoms with Crippen molar-refractivity contribution in [2.45, 2.75) is 11.3 Å². The molecule has 14 heavy (non-hydrogen) atoms. The number of hydrogen-bond acceptors (Lipinski definition) is 2. The molecular formula is C9H10BrNO2S. The lowest BCUT2D eigenvalue weighted by atomic mass is 10.1. The summed E-state index contributed by atoms with van der Waals surface area (Å²) in [6.45, 7) is 0.566. The standard InChI is InChI=1S/C9H10BrNO2S/c1-11-5-4-7-2-3-8(10)6-9(7)14(11,12)13/h2-3,6H,4-5H2,1H3. The Labute approximate surface area is 91.9 Å². The SMILES string of the molecule is CN1CCc2ccc(Br)cc2S1(=O)=O. The third-order valence-corrected chi connectivity index (χ3v) is 4.85. The van der Waals surface area contributed by atoms with Crippen molar-refractivity contribution in [1.82, 2.24) is 4.31 Å². The molecule has 0 N–H and O–H groups in total. The van der Waals surface area contributed by atoms with Crippen molar-refractivity contribution in [2.24, 2.45) is 0 Å². The predicted molar refractivity (Wildman–Crippen MR) is 57.7 cm³/mol. The second kappa shape index (κ2) is 3.32. The lowest BCUT2D eigenvalue weighted by molar-refractivity contribution is 0.457. The number of hydrogen-bond donors (Lipinski definition) is 0. The van der Waals surface area contributed by atoms with Crippen molar-refractivity contribution in [2.75, 3.05) is 13.6 Å². The average Bonchev–Trinajstić information content (AvgIpc) is 2.13. The van der Waals surface area contributed by atoms with Crippen molar-refractivity contribution in [3.8, 4) is 0 Å². The van der Waals surface area contributed by atoms with Crippen LogP contribution in [-0.4, -0.2) is 26.3 Å². The first-order chi connectivity index (χ1) is 6.51. The van der Waals surface area contributed by atoms with E-state index in [9.17, 15) is 8.42 Å². The van der Waals surface area contributed by atoms with Crippen molar-refractivity contribution in [3.05, 3.63) is 28.2 Å². The first-order valence-corrected chi connectivity index (χ1v) is 6.50. The summed E-state index contributed by atoms with van der Waals surface area (Å²) < 4.78 is 25.9. The van der Waals surface area contributed by atoms with Gasteiger partial charge in [-0.3, -0.25) is 0 Å². The molecule has 0 bridgehead atoms. The molecule has 0 amide bonds. The van der Waals surface area contributed by atoms with E-state index in [1.165, 1.54) is 4.31 Å². The molecule has 0 unspecified atom stereocenters. The third-order valence-electron chi connectivity index (χ3n) is 2.41. The van der Waals surface area contributed by atoms with E-state index in [2.05, 4.69) is 15.9 Å². The van der Waals surface area contributed by atoms with Gasteiger partial charge in [0.25, 0.3) is 0 Å². The molecule has 1 aromatic rings. The first-order valence-electron chi connectivity index (χ1n) is 4.26. The number of benzene rings is 1. The van der Waals surface area contributed by atoms with Crippen LogP contribution in [0.4, 0.5) is 0 Å². The van der Waals surface area contributed by atoms with Gasteiger partial charge in [-0.25, -0.2) is 12.7 Å². The molecule has 76 valence electrons. The van der Waals surface area contributed by atoms with Crippen LogP contribution in [0.3, 0.4) is 0 Å². The summed E-state index contributed by atoms with van der Waals surface area (Å²) in [5.74, 6) is 0. The van der Waals surface area contributed by atoms with Crippen LogP contribution in [0, 0.1) is 0 Å². The van der Waals surface area contributed by atoms with Crippen LogP contribution in [0.1, 0.15) is 5.56 Å². The zero-order chi connectivity index (χ0) is 10.3. The quantitative estimate of drug-likeness (QED) is 0.722. The molecule has 0 saturated heterocycles. The van der Waals surface area contributed by atoms with Gasteiger partial charge in [-0.2, -0.15) is 0 Å². The van der Waals surface area contributed by atoms with E-state index >= 15 is 0 Å². The number of sulfonamides is 1. The zero-order valence-corrected chi connectivity index (χ0v) is 10.1. The van der Waals surface area contributed by atoms with Gasteiger partial charge < -0.3 is 0 Å². The van der Waals surface area contributed by atoms with Crippen molar-refractivity contribution < 1.29 is 8.42 Å². The number of rotatable bonds is 0. The number of likely N-dealkylation sites (N-methyl/N-ethyl adjacent to an activating group) is 1. The van der Waals surface area contributed by atoms with Crippen LogP contribution in [0.2, 0.25) is 0 Å². The summed E-state index contributed by atoms with van der Waals surface area (Å²) in [4.78, 5) is 0.431. The summed E-state index contributed by atoms with van der Waals surface area (Å²) in [6.07, 6.45) is 0.790. The summed E-state index contributed by atoms with van der Waals surface area (Å²) in [7, 11) is -1.63. The molecule has 1 aliphatic rings. The van der Waals surface area contributed by atoms with Crippen LogP contribution in [-0.2, 0) is 16.4 Å². The highest BCUT2D eigenvalue weighted by Gasteiger charge is 2.28. The molecule has 2 rings (SSSR count). The highest BCUT2D eigenvalue weighted by atomic mass is 79.9. The van der Waals surface area contributed by atoms with Gasteiger partial charge in [-0.05, 0) is 24.1 Å². The van der Waals surface area contributed by atoms with Gasteiger partial charge in [0.1, 0.15) is 0 Å². The molecule has 0 fully saturated rings. The molecule has 1 aromatic carbocycles. The van der Waals surface area contributed by atoms with E-state index in [1.807, 2.05) is 12.1 Å². The van der Waals surface area contributed by atoms with Crippen molar-refractivity contribution in [1.29, 1.82) is 0 Å². The minimum atomic E-state index is -3.24. The van der Waals surface area contributed by atoms with Gasteiger partial charge in [-0.15, -0.1) is 0 Å². The molecular weight excluding hydrogens is 266 g/mol. The van der Waals surface area contributed by atoms with Crippen LogP contribution >= 0.6 is 15.9 Å². The molecule has 0 atom stereocenters. The van der Waals surface area contributed by atoms with Crippen LogP contribution in [0.15, 0.2) is 27.6 Å². The van der Waals surface area contributed by atoms with Gasteiger partial charge in [0.2, 0.25) is 10.0 Å². The Morgan fingerprint density at radius 1 is 1.43 bits per heavy atom. The molecule has 0 spiro atoms. The second-order valence-electron chi connectivity index (χ2n) is 3.33. The first kappa shape index (κ1) is 10.1. The van der Waals surface area contributed by atoms with E-state index in [4.69, 9.17) is 0 Å². The fourth-order valence-electron chi connectivity index (χ4n) is 1.54. The molecule has 1 heterocycles. The normalized spacial score (nSPS) is 20.4. The fourth-order valence-corrected chi connectivity index (χ4v) is 3.50. The molecule has 3 nitrogen and oxygen atoms in total. The molecule has 5 heteroatoms. The Balaban J connectivity index is 2.68. The Kier molecular flexibility index (Phi) is 2.41. The van der Waals surface area contributed by atoms with E-state index in [-0.39, 0.29) is 0 Å². The highest BCUT2D eigenvalue weighted by molar-refractivity contribution is 9.10. The minimum Gasteiger partial charge on any atom is -0.207 e. The van der Waals surface area contributed by atoms with Gasteiger partial charge in [0.15, 0.2) is 0 Å². The van der Waals surface area contributed by atoms with E-state index in [1.54, 1.807) is 13.1 Å². The van der Waals surface area contributed by atoms with E-state index in [0.717, 1.165) is 16.5 Å². The topological polar surface area (TPSA) is 37.4 Å². The van der Waals surface area contributed by atoms with Crippen molar-refractivity contribution in [3.63, 3.8) is 0 Å². The van der Waals surface area contributed by atoms with Crippen molar-refractivity contribution >= 4 is 26.0 Å². The summed E-state index contributed by atoms with van der Waals surface area (Å²) in [5.41, 5.74) is 0.909. The third kappa shape index (κ3) is 1.49. The molecule has 0 saturated carbocycles. The summed E-state index contributed by atoms with van der Waals surface area (Å²) in [6, 6.07) is 5.41. The smallest absolute Gasteiger partial charge is 0.207 e. The van der Waals surface area contributed by atoms with Crippen LogP contribution in [0.25, 0.3) is 0 Å². The summed E-state index contributed by atoms with van der Waals surface area (Å²) in [5, 5.41) is 0. The molecule has 0 aliphatic carbocycles. The number of nitrogens with zero attached hydrogens (tertiary/aromatic N) is 1. The van der Waals surface area contributed by atoms with Gasteiger partial charge >= 0.3 is 0 Å². The molecule has 1 aliphatic heterocycles. The highest BCUT2D eigenvalue weighted by Crippen LogP contribution is 2.27. The second-order valence-corrected chi connectivity index (χ2v) is 6.26. The molecule has 0 radical (unpaired) electrons. The zero-order valence-electron chi connectivity index (χ0n) is 7.70. The maximum atomic E-state index is 11.9. The lowest BCUT2D eigenvalue weighted by Gasteiger charge is -2.24. The van der Waals surface area contributed by atoms with Gasteiger partial charge in [0, 0.05) is 18.1 Å². The van der Waals surface area contributed by atoms with Crippen LogP contribution < -0.4 is 0 Å². The predicted octanol–water partition coefficient (Wildman–Crippen LogP) is 1.63. The largest absolute Gasteiger partial charge is 0.243 e. The Hall–Kier alpha value is -0.390. The lowest BCUT2D eigenvalue weighted by Crippen LogP contribution is -2.33. The molecule has 0 aromatic heterocycles. The average molecular weight is 276 g/mol. The van der Waals surface area contributed by atoms with Gasteiger partial charge in [-0.1, -0.05) is 22.0 Å². The minimum absolute atomic E-state index is 0.431. The maximum absolute atomic E-state index is 11.9. The fraction of sp³-hybridized carbons (Fsp3) is 0.333. The van der Waals surface area contributed by atoms with E-state index < -0.39 is 10.0 Å². The number of halogens is 1. The maximum Gasteiger partial charge on any atom is 0.243 e. The monoisotopic (exact) mass is 275 g/mol. The Morgan fingerprint density at radius 3 is 2.86 bits per heavy atom. The van der Waals surface area contributed by atoms with Crippen LogP contribution in [0.5, 0.6) is 0 Å². The van der Waals surface area contributed by atoms with E-state index in [0.29, 0.717) is 11.4 Å². The van der Waals surface area contributed by atoms with Gasteiger partial charge in [0.05, 0.1) is 4.90 Å². The Bertz CT molecular complexity index is 470. The number of fused-ring (bicyclic) bond motifs is 1.